The van der Waals surface area contributed by atoms with Gasteiger partial charge in [0.05, 0.1) is 0 Å². The molecule has 4 unspecified atom stereocenters. The summed E-state index contributed by atoms with van der Waals surface area (Å²) in [4.78, 5) is 19.7. The molecule has 0 aromatic heterocycles. The first-order valence-electron chi connectivity index (χ1n) is 11.2. The average molecular weight is 458 g/mol. The third-order valence-electron chi connectivity index (χ3n) is 6.18. The van der Waals surface area contributed by atoms with Crippen LogP contribution in [0.4, 0.5) is 4.39 Å². The molecule has 1 fully saturated rings. The summed E-state index contributed by atoms with van der Waals surface area (Å²) < 4.78 is 19.8. The summed E-state index contributed by atoms with van der Waals surface area (Å²) >= 11 is 0. The Morgan fingerprint density at radius 2 is 1.88 bits per heavy atom. The van der Waals surface area contributed by atoms with E-state index in [1.54, 1.807) is 43.4 Å². The Morgan fingerprint density at radius 3 is 2.52 bits per heavy atom. The number of hydrogen-bond donors (Lipinski definition) is 3. The predicted octanol–water partition coefficient (Wildman–Crippen LogP) is 2.96. The summed E-state index contributed by atoms with van der Waals surface area (Å²) in [5.74, 6) is -0.375. The first-order valence-corrected chi connectivity index (χ1v) is 11.2. The number of phenolic OH excluding ortho intramolecular Hbond substituents is 1. The third kappa shape index (κ3) is 5.69. The number of carbonyl (C=O) groups excluding carboxylic acids is 1. The minimum absolute atomic E-state index is 0.0120. The smallest absolute Gasteiger partial charge is 0.243 e. The summed E-state index contributed by atoms with van der Waals surface area (Å²) in [6, 6.07) is 12.1. The Labute approximate surface area is 193 Å². The number of likely N-dealkylation sites (tertiary alicyclic amines) is 1. The summed E-state index contributed by atoms with van der Waals surface area (Å²) in [7, 11) is 1.67. The number of halogens is 1. The molecule has 0 saturated carbocycles. The van der Waals surface area contributed by atoms with Gasteiger partial charge in [-0.15, -0.1) is 0 Å². The van der Waals surface area contributed by atoms with Crippen LogP contribution in [-0.4, -0.2) is 59.2 Å². The van der Waals surface area contributed by atoms with Gasteiger partial charge in [0.1, 0.15) is 11.9 Å². The molecule has 1 amide bonds. The van der Waals surface area contributed by atoms with Gasteiger partial charge < -0.3 is 20.3 Å². The highest BCUT2D eigenvalue weighted by Gasteiger charge is 2.47. The second-order valence-corrected chi connectivity index (χ2v) is 8.34. The Kier molecular flexibility index (Phi) is 8.41. The summed E-state index contributed by atoms with van der Waals surface area (Å²) in [6.07, 6.45) is -0.115. The quantitative estimate of drug-likeness (QED) is 0.530. The summed E-state index contributed by atoms with van der Waals surface area (Å²) in [6.45, 7) is 4.66. The summed E-state index contributed by atoms with van der Waals surface area (Å²) in [5, 5.41) is 22.3. The lowest BCUT2D eigenvalue weighted by molar-refractivity contribution is -0.132. The highest BCUT2D eigenvalue weighted by Crippen LogP contribution is 2.36. The Morgan fingerprint density at radius 1 is 1.18 bits per heavy atom. The van der Waals surface area contributed by atoms with E-state index in [4.69, 9.17) is 9.84 Å². The fraction of sp³-hybridized carbons (Fsp3) is 0.440. The monoisotopic (exact) mass is 457 g/mol. The van der Waals surface area contributed by atoms with Gasteiger partial charge in [-0.2, -0.15) is 0 Å². The zero-order valence-corrected chi connectivity index (χ0v) is 19.2. The number of phenols is 1. The number of rotatable bonds is 8. The molecule has 3 rings (SSSR count). The van der Waals surface area contributed by atoms with Crippen molar-refractivity contribution in [3.8, 4) is 11.5 Å². The van der Waals surface area contributed by atoms with Crippen LogP contribution in [0.2, 0.25) is 0 Å². The number of aliphatic imine (C=N–C) groups is 1. The minimum Gasteiger partial charge on any atom is -0.504 e. The van der Waals surface area contributed by atoms with Gasteiger partial charge in [0.25, 0.3) is 0 Å². The molecular formula is C25H32FN3O4. The molecule has 0 spiro atoms. The lowest BCUT2D eigenvalue weighted by Gasteiger charge is -2.47. The SMILES string of the molecule is CN=C1C(C)C(C)C(Oc2ccccc2O)N(Cc2ccc(F)cc2)C1C(=O)NCCCO. The maximum atomic E-state index is 13.5. The number of nitrogens with one attached hydrogen (secondary N) is 1. The number of para-hydroxylation sites is 2. The van der Waals surface area contributed by atoms with Crippen LogP contribution >= 0.6 is 0 Å². The first kappa shape index (κ1) is 24.7. The predicted molar refractivity (Wildman–Crippen MR) is 125 cm³/mol. The van der Waals surface area contributed by atoms with Gasteiger partial charge >= 0.3 is 0 Å². The number of carbonyl (C=O) groups is 1. The van der Waals surface area contributed by atoms with Crippen LogP contribution in [0.1, 0.15) is 25.8 Å². The van der Waals surface area contributed by atoms with Crippen molar-refractivity contribution in [1.82, 2.24) is 10.2 Å². The molecule has 3 N–H and O–H groups in total. The molecule has 178 valence electrons. The second kappa shape index (κ2) is 11.2. The van der Waals surface area contributed by atoms with Crippen molar-refractivity contribution in [2.75, 3.05) is 20.2 Å². The second-order valence-electron chi connectivity index (χ2n) is 8.34. The number of benzene rings is 2. The number of nitrogens with zero attached hydrogens (tertiary/aromatic N) is 2. The minimum atomic E-state index is -0.721. The van der Waals surface area contributed by atoms with Gasteiger partial charge in [-0.05, 0) is 36.2 Å². The van der Waals surface area contributed by atoms with Crippen molar-refractivity contribution in [2.45, 2.75) is 39.1 Å². The molecule has 33 heavy (non-hydrogen) atoms. The number of aliphatic hydroxyl groups excluding tert-OH is 1. The molecule has 1 saturated heterocycles. The van der Waals surface area contributed by atoms with Crippen LogP contribution in [0.5, 0.6) is 11.5 Å². The third-order valence-corrected chi connectivity index (χ3v) is 6.18. The fourth-order valence-corrected chi connectivity index (χ4v) is 4.23. The summed E-state index contributed by atoms with van der Waals surface area (Å²) in [5.41, 5.74) is 1.54. The van der Waals surface area contributed by atoms with Crippen molar-refractivity contribution in [2.24, 2.45) is 16.8 Å². The van der Waals surface area contributed by atoms with E-state index in [0.29, 0.717) is 25.3 Å². The topological polar surface area (TPSA) is 94.4 Å². The van der Waals surface area contributed by atoms with Gasteiger partial charge in [-0.3, -0.25) is 9.79 Å². The van der Waals surface area contributed by atoms with E-state index in [1.165, 1.54) is 12.1 Å². The number of piperidine rings is 1. The zero-order chi connectivity index (χ0) is 24.0. The molecule has 1 aliphatic rings. The van der Waals surface area contributed by atoms with Gasteiger partial charge in [0.15, 0.2) is 17.7 Å². The van der Waals surface area contributed by atoms with Crippen molar-refractivity contribution in [1.29, 1.82) is 0 Å². The van der Waals surface area contributed by atoms with Crippen molar-refractivity contribution in [3.63, 3.8) is 0 Å². The van der Waals surface area contributed by atoms with Crippen molar-refractivity contribution >= 4 is 11.6 Å². The number of aliphatic hydroxyl groups is 1. The molecular weight excluding hydrogens is 425 g/mol. The Balaban J connectivity index is 2.02. The highest BCUT2D eigenvalue weighted by atomic mass is 19.1. The number of amides is 1. The number of hydrogen-bond acceptors (Lipinski definition) is 6. The molecule has 8 heteroatoms. The van der Waals surface area contributed by atoms with Crippen LogP contribution in [0, 0.1) is 17.7 Å². The van der Waals surface area contributed by atoms with Gasteiger partial charge in [-0.25, -0.2) is 9.29 Å². The molecule has 4 atom stereocenters. The maximum Gasteiger partial charge on any atom is 0.243 e. The van der Waals surface area contributed by atoms with Gasteiger partial charge in [-0.1, -0.05) is 38.1 Å². The Bertz CT molecular complexity index is 966. The van der Waals surface area contributed by atoms with Crippen LogP contribution in [0.15, 0.2) is 53.5 Å². The number of ether oxygens (including phenoxy) is 1. The molecule has 2 aromatic rings. The lowest BCUT2D eigenvalue weighted by Crippen LogP contribution is -2.64. The van der Waals surface area contributed by atoms with Crippen LogP contribution < -0.4 is 10.1 Å². The lowest BCUT2D eigenvalue weighted by atomic mass is 9.80. The molecule has 2 aromatic carbocycles. The average Bonchev–Trinajstić information content (AvgIpc) is 2.81. The standard InChI is InChI=1S/C25H32FN3O4/c1-16-17(2)25(33-21-8-5-4-7-20(21)31)29(15-18-9-11-19(26)12-10-18)23(22(16)27-3)24(32)28-13-6-14-30/h4-5,7-12,16-17,23,25,30-31H,6,13-15H2,1-3H3,(H,28,32). The van der Waals surface area contributed by atoms with Crippen molar-refractivity contribution < 1.29 is 24.1 Å². The fourth-order valence-electron chi connectivity index (χ4n) is 4.23. The van der Waals surface area contributed by atoms with E-state index in [2.05, 4.69) is 10.3 Å². The number of aromatic hydroxyl groups is 1. The van der Waals surface area contributed by atoms with Crippen LogP contribution in [0.25, 0.3) is 0 Å². The van der Waals surface area contributed by atoms with E-state index < -0.39 is 12.3 Å². The maximum absolute atomic E-state index is 13.5. The van der Waals surface area contributed by atoms with Gasteiger partial charge in [0, 0.05) is 44.3 Å². The highest BCUT2D eigenvalue weighted by molar-refractivity contribution is 6.09. The molecule has 7 nitrogen and oxygen atoms in total. The van der Waals surface area contributed by atoms with Crippen molar-refractivity contribution in [3.05, 3.63) is 59.9 Å². The Hall–Kier alpha value is -2.97. The van der Waals surface area contributed by atoms with E-state index in [9.17, 15) is 14.3 Å². The van der Waals surface area contributed by atoms with E-state index in [1.807, 2.05) is 18.7 Å². The van der Waals surface area contributed by atoms with E-state index in [-0.39, 0.29) is 35.9 Å². The van der Waals surface area contributed by atoms with E-state index >= 15 is 0 Å². The molecule has 0 radical (unpaired) electrons. The van der Waals surface area contributed by atoms with Gasteiger partial charge in [0.2, 0.25) is 5.91 Å². The molecule has 0 bridgehead atoms. The molecule has 1 heterocycles. The zero-order valence-electron chi connectivity index (χ0n) is 19.2. The largest absolute Gasteiger partial charge is 0.504 e. The van der Waals surface area contributed by atoms with Crippen LogP contribution in [0.3, 0.4) is 0 Å². The molecule has 0 aliphatic carbocycles. The normalized spacial score (nSPS) is 24.6. The molecule has 1 aliphatic heterocycles. The first-order chi connectivity index (χ1) is 15.9. The van der Waals surface area contributed by atoms with Crippen LogP contribution in [-0.2, 0) is 11.3 Å². The van der Waals surface area contributed by atoms with E-state index in [0.717, 1.165) is 11.3 Å².